The molecule has 0 spiro atoms. The molecular formula is C25H25N5O2S. The number of carbonyl (C=O) groups is 1. The number of pyridine rings is 1. The molecule has 33 heavy (non-hydrogen) atoms. The lowest BCUT2D eigenvalue weighted by atomic mass is 10.1. The van der Waals surface area contributed by atoms with Crippen LogP contribution in [0.5, 0.6) is 0 Å². The van der Waals surface area contributed by atoms with Crippen molar-refractivity contribution in [1.29, 1.82) is 0 Å². The third-order valence-electron chi connectivity index (χ3n) is 5.14. The van der Waals surface area contributed by atoms with Crippen molar-refractivity contribution in [2.45, 2.75) is 17.8 Å². The Balaban J connectivity index is 1.65. The van der Waals surface area contributed by atoms with Gasteiger partial charge < -0.3 is 10.1 Å². The summed E-state index contributed by atoms with van der Waals surface area (Å²) in [6, 6.07) is 19.6. The van der Waals surface area contributed by atoms with E-state index in [2.05, 4.69) is 44.1 Å². The monoisotopic (exact) mass is 459 g/mol. The summed E-state index contributed by atoms with van der Waals surface area (Å²) >= 11 is 1.55. The van der Waals surface area contributed by atoms with E-state index >= 15 is 0 Å². The number of nitrogens with zero attached hydrogens (tertiary/aromatic N) is 4. The predicted molar refractivity (Wildman–Crippen MR) is 130 cm³/mol. The number of methoxy groups -OCH3 is 1. The third kappa shape index (κ3) is 5.30. The van der Waals surface area contributed by atoms with Gasteiger partial charge in [-0.05, 0) is 42.3 Å². The molecule has 1 N–H and O–H groups in total. The number of hydrogen-bond donors (Lipinski definition) is 1. The zero-order valence-corrected chi connectivity index (χ0v) is 19.4. The number of ether oxygens (including phenoxy) is 1. The van der Waals surface area contributed by atoms with Crippen molar-refractivity contribution < 1.29 is 9.53 Å². The lowest BCUT2D eigenvalue weighted by Gasteiger charge is -2.13. The van der Waals surface area contributed by atoms with Crippen molar-refractivity contribution in [2.75, 3.05) is 20.3 Å². The molecule has 2 heterocycles. The normalized spacial score (nSPS) is 10.8. The Bertz CT molecular complexity index is 1230. The van der Waals surface area contributed by atoms with Crippen LogP contribution in [0.1, 0.15) is 21.5 Å². The molecule has 2 aromatic heterocycles. The highest BCUT2D eigenvalue weighted by molar-refractivity contribution is 7.98. The minimum Gasteiger partial charge on any atom is -0.383 e. The van der Waals surface area contributed by atoms with Gasteiger partial charge in [-0.15, -0.1) is 10.2 Å². The van der Waals surface area contributed by atoms with Crippen LogP contribution in [-0.2, 0) is 10.5 Å². The maximum atomic E-state index is 12.7. The molecule has 0 bridgehead atoms. The van der Waals surface area contributed by atoms with Crippen LogP contribution >= 0.6 is 11.8 Å². The zero-order chi connectivity index (χ0) is 23.0. The van der Waals surface area contributed by atoms with Gasteiger partial charge >= 0.3 is 0 Å². The van der Waals surface area contributed by atoms with E-state index in [0.29, 0.717) is 24.5 Å². The molecule has 0 saturated carbocycles. The standard InChI is InChI=1S/C25H25N5O2S/c1-18-7-3-6-10-22(18)30-23(19-11-13-26-14-12-19)28-29-25(30)33-17-20-8-4-5-9-21(20)24(31)27-15-16-32-2/h3-14H,15-17H2,1-2H3,(H,27,31). The second-order valence-corrected chi connectivity index (χ2v) is 8.30. The van der Waals surface area contributed by atoms with Crippen molar-refractivity contribution in [3.8, 4) is 17.1 Å². The highest BCUT2D eigenvalue weighted by Crippen LogP contribution is 2.31. The Labute approximate surface area is 197 Å². The molecule has 0 unspecified atom stereocenters. The smallest absolute Gasteiger partial charge is 0.251 e. The van der Waals surface area contributed by atoms with Gasteiger partial charge in [0.15, 0.2) is 11.0 Å². The second-order valence-electron chi connectivity index (χ2n) is 7.36. The fraction of sp³-hybridized carbons (Fsp3) is 0.200. The number of aryl methyl sites for hydroxylation is 1. The van der Waals surface area contributed by atoms with Crippen molar-refractivity contribution >= 4 is 17.7 Å². The molecule has 0 aliphatic heterocycles. The maximum Gasteiger partial charge on any atom is 0.251 e. The van der Waals surface area contributed by atoms with Gasteiger partial charge in [0.2, 0.25) is 0 Å². The summed E-state index contributed by atoms with van der Waals surface area (Å²) < 4.78 is 7.09. The van der Waals surface area contributed by atoms with E-state index in [0.717, 1.165) is 33.4 Å². The van der Waals surface area contributed by atoms with Crippen LogP contribution in [0.3, 0.4) is 0 Å². The van der Waals surface area contributed by atoms with Crippen LogP contribution in [0.15, 0.2) is 78.2 Å². The van der Waals surface area contributed by atoms with Gasteiger partial charge in [-0.2, -0.15) is 0 Å². The van der Waals surface area contributed by atoms with E-state index in [1.165, 1.54) is 0 Å². The average Bonchev–Trinajstić information content (AvgIpc) is 3.27. The van der Waals surface area contributed by atoms with Crippen LogP contribution in [0, 0.1) is 6.92 Å². The number of aromatic nitrogens is 4. The number of rotatable bonds is 9. The number of benzene rings is 2. The molecule has 8 heteroatoms. The molecule has 4 aromatic rings. The quantitative estimate of drug-likeness (QED) is 0.297. The Kier molecular flexibility index (Phi) is 7.49. The van der Waals surface area contributed by atoms with Crippen LogP contribution in [0.25, 0.3) is 17.1 Å². The zero-order valence-electron chi connectivity index (χ0n) is 18.6. The lowest BCUT2D eigenvalue weighted by Crippen LogP contribution is -2.27. The first-order chi connectivity index (χ1) is 16.2. The molecule has 0 radical (unpaired) electrons. The molecule has 0 fully saturated rings. The highest BCUT2D eigenvalue weighted by Gasteiger charge is 2.18. The highest BCUT2D eigenvalue weighted by atomic mass is 32.2. The van der Waals surface area contributed by atoms with E-state index in [4.69, 9.17) is 4.74 Å². The van der Waals surface area contributed by atoms with Gasteiger partial charge in [0, 0.05) is 42.9 Å². The molecule has 0 saturated heterocycles. The minimum absolute atomic E-state index is 0.110. The summed E-state index contributed by atoms with van der Waals surface area (Å²) in [6.45, 7) is 3.01. The van der Waals surface area contributed by atoms with Crippen LogP contribution in [-0.4, -0.2) is 45.9 Å². The van der Waals surface area contributed by atoms with E-state index in [1.54, 1.807) is 31.3 Å². The van der Waals surface area contributed by atoms with Crippen LogP contribution < -0.4 is 5.32 Å². The Morgan fingerprint density at radius 2 is 1.79 bits per heavy atom. The summed E-state index contributed by atoms with van der Waals surface area (Å²) in [6.07, 6.45) is 3.49. The maximum absolute atomic E-state index is 12.7. The number of nitrogens with one attached hydrogen (secondary N) is 1. The van der Waals surface area contributed by atoms with Gasteiger partial charge in [0.25, 0.3) is 5.91 Å². The summed E-state index contributed by atoms with van der Waals surface area (Å²) in [5, 5.41) is 12.6. The van der Waals surface area contributed by atoms with Crippen LogP contribution in [0.2, 0.25) is 0 Å². The van der Waals surface area contributed by atoms with Gasteiger partial charge in [0.1, 0.15) is 0 Å². The van der Waals surface area contributed by atoms with Gasteiger partial charge in [-0.1, -0.05) is 48.2 Å². The number of amides is 1. The van der Waals surface area contributed by atoms with E-state index in [1.807, 2.05) is 48.5 Å². The first-order valence-corrected chi connectivity index (χ1v) is 11.6. The van der Waals surface area contributed by atoms with Gasteiger partial charge in [-0.25, -0.2) is 0 Å². The lowest BCUT2D eigenvalue weighted by molar-refractivity contribution is 0.0936. The number of hydrogen-bond acceptors (Lipinski definition) is 6. The third-order valence-corrected chi connectivity index (χ3v) is 6.12. The summed E-state index contributed by atoms with van der Waals surface area (Å²) in [7, 11) is 1.61. The first-order valence-electron chi connectivity index (χ1n) is 10.6. The SMILES string of the molecule is COCCNC(=O)c1ccccc1CSc1nnc(-c2ccncc2)n1-c1ccccc1C. The molecular weight excluding hydrogens is 434 g/mol. The summed E-state index contributed by atoms with van der Waals surface area (Å²) in [4.78, 5) is 16.8. The second kappa shape index (κ2) is 10.9. The van der Waals surface area contributed by atoms with Crippen molar-refractivity contribution in [1.82, 2.24) is 25.1 Å². The largest absolute Gasteiger partial charge is 0.383 e. The Hall–Kier alpha value is -3.49. The van der Waals surface area contributed by atoms with Gasteiger partial charge in [0.05, 0.1) is 12.3 Å². The number of para-hydroxylation sites is 1. The van der Waals surface area contributed by atoms with E-state index in [9.17, 15) is 4.79 Å². The molecule has 168 valence electrons. The van der Waals surface area contributed by atoms with Crippen molar-refractivity contribution in [3.63, 3.8) is 0 Å². The van der Waals surface area contributed by atoms with Crippen LogP contribution in [0.4, 0.5) is 0 Å². The first kappa shape index (κ1) is 22.7. The molecule has 0 aliphatic rings. The molecule has 2 aromatic carbocycles. The molecule has 0 aliphatic carbocycles. The summed E-state index contributed by atoms with van der Waals surface area (Å²) in [5.41, 5.74) is 4.65. The topological polar surface area (TPSA) is 81.9 Å². The fourth-order valence-electron chi connectivity index (χ4n) is 3.45. The van der Waals surface area contributed by atoms with E-state index < -0.39 is 0 Å². The Morgan fingerprint density at radius 1 is 1.03 bits per heavy atom. The van der Waals surface area contributed by atoms with Crippen molar-refractivity contribution in [2.24, 2.45) is 0 Å². The minimum atomic E-state index is -0.110. The average molecular weight is 460 g/mol. The Morgan fingerprint density at radius 3 is 2.58 bits per heavy atom. The molecule has 7 nitrogen and oxygen atoms in total. The summed E-state index contributed by atoms with van der Waals surface area (Å²) in [5.74, 6) is 1.22. The van der Waals surface area contributed by atoms with Crippen molar-refractivity contribution in [3.05, 3.63) is 89.7 Å². The van der Waals surface area contributed by atoms with E-state index in [-0.39, 0.29) is 5.91 Å². The molecule has 0 atom stereocenters. The van der Waals surface area contributed by atoms with Gasteiger partial charge in [-0.3, -0.25) is 14.3 Å². The fourth-order valence-corrected chi connectivity index (χ4v) is 4.40. The predicted octanol–water partition coefficient (Wildman–Crippen LogP) is 4.31. The molecule has 1 amide bonds. The molecule has 4 rings (SSSR count). The number of carbonyl (C=O) groups excluding carboxylic acids is 1. The number of thioether (sulfide) groups is 1.